The third kappa shape index (κ3) is 4.19. The van der Waals surface area contributed by atoms with E-state index in [1.165, 1.54) is 30.4 Å². The van der Waals surface area contributed by atoms with Gasteiger partial charge in [0.1, 0.15) is 5.54 Å². The fraction of sp³-hybridized carbons (Fsp3) is 0.588. The van der Waals surface area contributed by atoms with E-state index in [-0.39, 0.29) is 17.4 Å². The number of rotatable bonds is 5. The summed E-state index contributed by atoms with van der Waals surface area (Å²) in [6.07, 6.45) is 12.2. The number of nitrogens with zero attached hydrogens (tertiary/aromatic N) is 1. The molecule has 3 atom stereocenters. The molecule has 2 aromatic carbocycles. The molecule has 200 valence electrons. The minimum absolute atomic E-state index is 0.0178. The Bertz CT molecular complexity index is 1190. The molecule has 1 N–H and O–H groups in total. The standard InChI is InChI=1S/C34H42N2O2/c1-23(37)36(22-24-7-3-2-4-8-24)34(12-11-30-16-28-9-5-6-10-29(28)17-31(30)21-34)32(38)35-33-18-25-13-26(19-33)15-27(14-25)20-33/h2-10,25-27,30-31H,11-22H2,1H3,(H,35,38)/t25?,26?,27?,30-,31+,33?,34+/m1/s1. The monoisotopic (exact) mass is 510 g/mol. The third-order valence-corrected chi connectivity index (χ3v) is 11.2. The van der Waals surface area contributed by atoms with Crippen molar-refractivity contribution in [1.82, 2.24) is 10.2 Å². The molecular weight excluding hydrogens is 468 g/mol. The number of amides is 2. The van der Waals surface area contributed by atoms with Crippen LogP contribution in [0.1, 0.15) is 81.4 Å². The predicted octanol–water partition coefficient (Wildman–Crippen LogP) is 6.07. The lowest BCUT2D eigenvalue weighted by molar-refractivity contribution is -0.156. The van der Waals surface area contributed by atoms with E-state index in [4.69, 9.17) is 0 Å². The average molecular weight is 511 g/mol. The quantitative estimate of drug-likeness (QED) is 0.530. The van der Waals surface area contributed by atoms with Crippen molar-refractivity contribution < 1.29 is 9.59 Å². The second kappa shape index (κ2) is 9.24. The predicted molar refractivity (Wildman–Crippen MR) is 149 cm³/mol. The van der Waals surface area contributed by atoms with Crippen LogP contribution in [0.3, 0.4) is 0 Å². The van der Waals surface area contributed by atoms with Crippen molar-refractivity contribution in [2.24, 2.45) is 29.6 Å². The zero-order valence-corrected chi connectivity index (χ0v) is 22.8. The summed E-state index contributed by atoms with van der Waals surface area (Å²) in [5.74, 6) is 3.50. The van der Waals surface area contributed by atoms with Gasteiger partial charge in [-0.3, -0.25) is 9.59 Å². The number of carbonyl (C=O) groups is 2. The molecule has 0 heterocycles. The summed E-state index contributed by atoms with van der Waals surface area (Å²) >= 11 is 0. The van der Waals surface area contributed by atoms with Gasteiger partial charge in [-0.05, 0) is 117 Å². The number of fused-ring (bicyclic) bond motifs is 2. The first-order valence-corrected chi connectivity index (χ1v) is 15.1. The normalized spacial score (nSPS) is 36.7. The highest BCUT2D eigenvalue weighted by Gasteiger charge is 2.56. The van der Waals surface area contributed by atoms with E-state index in [9.17, 15) is 9.59 Å². The second-order valence-corrected chi connectivity index (χ2v) is 13.7. The highest BCUT2D eigenvalue weighted by atomic mass is 16.2. The van der Waals surface area contributed by atoms with Crippen LogP contribution >= 0.6 is 0 Å². The molecule has 0 spiro atoms. The zero-order valence-electron chi connectivity index (χ0n) is 22.8. The summed E-state index contributed by atoms with van der Waals surface area (Å²) in [6, 6.07) is 19.1. The summed E-state index contributed by atoms with van der Waals surface area (Å²) in [5.41, 5.74) is 3.18. The number of carbonyl (C=O) groups excluding carboxylic acids is 2. The van der Waals surface area contributed by atoms with Gasteiger partial charge in [-0.25, -0.2) is 0 Å². The van der Waals surface area contributed by atoms with Crippen LogP contribution in [-0.2, 0) is 29.0 Å². The Kier molecular flexibility index (Phi) is 5.94. The van der Waals surface area contributed by atoms with Gasteiger partial charge in [0.15, 0.2) is 0 Å². The molecule has 6 aliphatic carbocycles. The van der Waals surface area contributed by atoms with Gasteiger partial charge < -0.3 is 10.2 Å². The van der Waals surface area contributed by atoms with Crippen LogP contribution in [0, 0.1) is 29.6 Å². The van der Waals surface area contributed by atoms with Gasteiger partial charge >= 0.3 is 0 Å². The van der Waals surface area contributed by atoms with E-state index in [1.54, 1.807) is 6.92 Å². The van der Waals surface area contributed by atoms with Gasteiger partial charge in [0, 0.05) is 19.0 Å². The van der Waals surface area contributed by atoms with E-state index < -0.39 is 5.54 Å². The summed E-state index contributed by atoms with van der Waals surface area (Å²) < 4.78 is 0. The van der Waals surface area contributed by atoms with Crippen molar-refractivity contribution in [1.29, 1.82) is 0 Å². The highest BCUT2D eigenvalue weighted by Crippen LogP contribution is 2.56. The molecule has 0 aromatic heterocycles. The first kappa shape index (κ1) is 24.4. The molecule has 4 heteroatoms. The van der Waals surface area contributed by atoms with Crippen molar-refractivity contribution in [2.75, 3.05) is 0 Å². The lowest BCUT2D eigenvalue weighted by Gasteiger charge is -2.58. The smallest absolute Gasteiger partial charge is 0.246 e. The van der Waals surface area contributed by atoms with Crippen molar-refractivity contribution in [2.45, 2.75) is 95.2 Å². The van der Waals surface area contributed by atoms with E-state index >= 15 is 0 Å². The zero-order chi connectivity index (χ0) is 25.9. The largest absolute Gasteiger partial charge is 0.349 e. The summed E-state index contributed by atoms with van der Waals surface area (Å²) in [6.45, 7) is 2.17. The van der Waals surface area contributed by atoms with Crippen LogP contribution in [0.4, 0.5) is 0 Å². The molecule has 8 rings (SSSR count). The summed E-state index contributed by atoms with van der Waals surface area (Å²) in [4.78, 5) is 30.1. The Morgan fingerprint density at radius 3 is 2.00 bits per heavy atom. The number of hydrogen-bond donors (Lipinski definition) is 1. The van der Waals surface area contributed by atoms with Crippen LogP contribution in [0.2, 0.25) is 0 Å². The molecule has 6 aliphatic rings. The van der Waals surface area contributed by atoms with Crippen molar-refractivity contribution in [3.8, 4) is 0 Å². The molecule has 5 saturated carbocycles. The summed E-state index contributed by atoms with van der Waals surface area (Å²) in [5, 5.41) is 3.74. The molecule has 0 radical (unpaired) electrons. The molecule has 4 bridgehead atoms. The third-order valence-electron chi connectivity index (χ3n) is 11.2. The molecule has 0 aliphatic heterocycles. The van der Waals surface area contributed by atoms with Crippen molar-refractivity contribution in [3.05, 3.63) is 71.3 Å². The Hall–Kier alpha value is -2.62. The van der Waals surface area contributed by atoms with Crippen LogP contribution in [0.5, 0.6) is 0 Å². The molecular formula is C34H42N2O2. The summed E-state index contributed by atoms with van der Waals surface area (Å²) in [7, 11) is 0. The van der Waals surface area contributed by atoms with E-state index in [1.807, 2.05) is 23.1 Å². The molecule has 2 amide bonds. The van der Waals surface area contributed by atoms with Crippen LogP contribution in [0.15, 0.2) is 54.6 Å². The number of hydrogen-bond acceptors (Lipinski definition) is 2. The van der Waals surface area contributed by atoms with Gasteiger partial charge in [0.25, 0.3) is 0 Å². The van der Waals surface area contributed by atoms with Crippen LogP contribution < -0.4 is 5.32 Å². The van der Waals surface area contributed by atoms with Crippen molar-refractivity contribution in [3.63, 3.8) is 0 Å². The molecule has 0 saturated heterocycles. The van der Waals surface area contributed by atoms with Gasteiger partial charge in [0.2, 0.25) is 11.8 Å². The second-order valence-electron chi connectivity index (χ2n) is 13.7. The Morgan fingerprint density at radius 2 is 1.39 bits per heavy atom. The topological polar surface area (TPSA) is 49.4 Å². The van der Waals surface area contributed by atoms with E-state index in [0.717, 1.165) is 74.7 Å². The molecule has 4 nitrogen and oxygen atoms in total. The highest BCUT2D eigenvalue weighted by molar-refractivity contribution is 5.91. The van der Waals surface area contributed by atoms with Gasteiger partial charge in [-0.2, -0.15) is 0 Å². The lowest BCUT2D eigenvalue weighted by atomic mass is 9.52. The molecule has 2 aromatic rings. The molecule has 38 heavy (non-hydrogen) atoms. The number of benzene rings is 2. The van der Waals surface area contributed by atoms with Gasteiger partial charge in [-0.15, -0.1) is 0 Å². The lowest BCUT2D eigenvalue weighted by Crippen LogP contribution is -2.68. The maximum absolute atomic E-state index is 14.8. The molecule has 0 unspecified atom stereocenters. The Labute approximate surface area is 227 Å². The van der Waals surface area contributed by atoms with E-state index in [2.05, 4.69) is 41.7 Å². The first-order chi connectivity index (χ1) is 18.4. The number of nitrogens with one attached hydrogen (secondary N) is 1. The minimum Gasteiger partial charge on any atom is -0.349 e. The van der Waals surface area contributed by atoms with Gasteiger partial charge in [0.05, 0.1) is 0 Å². The maximum atomic E-state index is 14.8. The fourth-order valence-corrected chi connectivity index (χ4v) is 9.92. The SMILES string of the molecule is CC(=O)N(Cc1ccccc1)[C@@]1(C(=O)NC23CC4CC(CC(C4)C2)C3)CC[C@@H]2Cc3ccccc3C[C@H]2C1. The van der Waals surface area contributed by atoms with Gasteiger partial charge in [-0.1, -0.05) is 54.6 Å². The molecule has 5 fully saturated rings. The van der Waals surface area contributed by atoms with Crippen molar-refractivity contribution >= 4 is 11.8 Å². The van der Waals surface area contributed by atoms with E-state index in [0.29, 0.717) is 18.4 Å². The Morgan fingerprint density at radius 1 is 0.816 bits per heavy atom. The first-order valence-electron chi connectivity index (χ1n) is 15.1. The van der Waals surface area contributed by atoms with Crippen LogP contribution in [-0.4, -0.2) is 27.8 Å². The maximum Gasteiger partial charge on any atom is 0.246 e. The fourth-order valence-electron chi connectivity index (χ4n) is 9.92. The minimum atomic E-state index is -0.779. The average Bonchev–Trinajstić information content (AvgIpc) is 2.89. The Balaban J connectivity index is 1.23. The van der Waals surface area contributed by atoms with Crippen LogP contribution in [0.25, 0.3) is 0 Å².